The molecule has 0 aliphatic carbocycles. The summed E-state index contributed by atoms with van der Waals surface area (Å²) in [7, 11) is 1.70. The Balaban J connectivity index is 2.46. The van der Waals surface area contributed by atoms with Crippen LogP contribution in [-0.2, 0) is 0 Å². The van der Waals surface area contributed by atoms with Gasteiger partial charge in [0.25, 0.3) is 0 Å². The fraction of sp³-hybridized carbons (Fsp3) is 0.200. The van der Waals surface area contributed by atoms with Crippen molar-refractivity contribution in [3.63, 3.8) is 0 Å². The number of aryl methyl sites for hydroxylation is 1. The van der Waals surface area contributed by atoms with Gasteiger partial charge in [-0.15, -0.1) is 0 Å². The van der Waals surface area contributed by atoms with Crippen LogP contribution in [0.4, 0.5) is 8.78 Å². The molecule has 1 N–H and O–H groups in total. The molecule has 2 rings (SSSR count). The molecule has 19 heavy (non-hydrogen) atoms. The summed E-state index contributed by atoms with van der Waals surface area (Å²) >= 11 is 5.74. The van der Waals surface area contributed by atoms with Gasteiger partial charge < -0.3 is 5.32 Å². The van der Waals surface area contributed by atoms with E-state index in [1.54, 1.807) is 38.2 Å². The lowest BCUT2D eigenvalue weighted by Gasteiger charge is -2.18. The van der Waals surface area contributed by atoms with Gasteiger partial charge in [0.15, 0.2) is 0 Å². The van der Waals surface area contributed by atoms with Crippen LogP contribution >= 0.6 is 11.6 Å². The molecule has 0 saturated heterocycles. The molecule has 0 heterocycles. The number of halogens is 3. The minimum atomic E-state index is -0.410. The van der Waals surface area contributed by atoms with Crippen LogP contribution in [0, 0.1) is 18.6 Å². The Labute approximate surface area is 116 Å². The Kier molecular flexibility index (Phi) is 4.17. The SMILES string of the molecule is CNC(c1ccc(C)c(F)c1)c1ccc(Cl)cc1F. The van der Waals surface area contributed by atoms with Gasteiger partial charge in [-0.1, -0.05) is 29.8 Å². The van der Waals surface area contributed by atoms with Crippen molar-refractivity contribution in [3.05, 3.63) is 69.7 Å². The summed E-state index contributed by atoms with van der Waals surface area (Å²) in [5.41, 5.74) is 1.68. The van der Waals surface area contributed by atoms with E-state index in [0.29, 0.717) is 21.7 Å². The van der Waals surface area contributed by atoms with E-state index in [2.05, 4.69) is 5.32 Å². The lowest BCUT2D eigenvalue weighted by Crippen LogP contribution is -2.19. The van der Waals surface area contributed by atoms with Crippen LogP contribution in [-0.4, -0.2) is 7.05 Å². The van der Waals surface area contributed by atoms with Gasteiger partial charge in [-0.05, 0) is 43.3 Å². The summed E-state index contributed by atoms with van der Waals surface area (Å²) in [4.78, 5) is 0. The first kappa shape index (κ1) is 14.0. The van der Waals surface area contributed by atoms with Crippen molar-refractivity contribution in [2.45, 2.75) is 13.0 Å². The molecule has 100 valence electrons. The standard InChI is InChI=1S/C15H14ClF2N/c1-9-3-4-10(7-13(9)17)15(19-2)12-6-5-11(16)8-14(12)18/h3-8,15,19H,1-2H3. The number of hydrogen-bond acceptors (Lipinski definition) is 1. The normalized spacial score (nSPS) is 12.5. The molecular weight excluding hydrogens is 268 g/mol. The second-order valence-electron chi connectivity index (χ2n) is 4.40. The third-order valence-electron chi connectivity index (χ3n) is 3.09. The van der Waals surface area contributed by atoms with E-state index in [9.17, 15) is 8.78 Å². The maximum Gasteiger partial charge on any atom is 0.129 e. The first-order chi connectivity index (χ1) is 9.02. The Morgan fingerprint density at radius 2 is 1.79 bits per heavy atom. The maximum atomic E-state index is 13.9. The Morgan fingerprint density at radius 1 is 1.05 bits per heavy atom. The van der Waals surface area contributed by atoms with Crippen LogP contribution in [0.5, 0.6) is 0 Å². The fourth-order valence-electron chi connectivity index (χ4n) is 2.03. The maximum absolute atomic E-state index is 13.9. The summed E-state index contributed by atoms with van der Waals surface area (Å²) in [5.74, 6) is -0.708. The second-order valence-corrected chi connectivity index (χ2v) is 4.83. The summed E-state index contributed by atoms with van der Waals surface area (Å²) < 4.78 is 27.5. The van der Waals surface area contributed by atoms with Crippen molar-refractivity contribution >= 4 is 11.6 Å². The zero-order chi connectivity index (χ0) is 14.0. The largest absolute Gasteiger partial charge is 0.309 e. The van der Waals surface area contributed by atoms with Gasteiger partial charge in [0.2, 0.25) is 0 Å². The molecule has 0 aromatic heterocycles. The van der Waals surface area contributed by atoms with Crippen LogP contribution in [0.3, 0.4) is 0 Å². The van der Waals surface area contributed by atoms with Crippen LogP contribution in [0.15, 0.2) is 36.4 Å². The molecule has 0 spiro atoms. The van der Waals surface area contributed by atoms with Gasteiger partial charge in [0, 0.05) is 10.6 Å². The molecule has 0 aliphatic heterocycles. The molecule has 4 heteroatoms. The highest BCUT2D eigenvalue weighted by molar-refractivity contribution is 6.30. The lowest BCUT2D eigenvalue weighted by molar-refractivity contribution is 0.570. The molecule has 0 aliphatic rings. The molecule has 0 bridgehead atoms. The predicted octanol–water partition coefficient (Wildman–Crippen LogP) is 4.24. The highest BCUT2D eigenvalue weighted by atomic mass is 35.5. The zero-order valence-electron chi connectivity index (χ0n) is 10.7. The van der Waals surface area contributed by atoms with E-state index in [4.69, 9.17) is 11.6 Å². The first-order valence-corrected chi connectivity index (χ1v) is 6.29. The smallest absolute Gasteiger partial charge is 0.129 e. The molecule has 0 radical (unpaired) electrons. The van der Waals surface area contributed by atoms with Crippen molar-refractivity contribution in [1.82, 2.24) is 5.32 Å². The number of rotatable bonds is 3. The Morgan fingerprint density at radius 3 is 2.37 bits per heavy atom. The fourth-order valence-corrected chi connectivity index (χ4v) is 2.18. The summed E-state index contributed by atoms with van der Waals surface area (Å²) in [6.07, 6.45) is 0. The van der Waals surface area contributed by atoms with Gasteiger partial charge in [-0.3, -0.25) is 0 Å². The number of hydrogen-bond donors (Lipinski definition) is 1. The van der Waals surface area contributed by atoms with Crippen molar-refractivity contribution in [2.75, 3.05) is 7.05 Å². The molecule has 0 fully saturated rings. The first-order valence-electron chi connectivity index (χ1n) is 5.91. The molecular formula is C15H14ClF2N. The van der Waals surface area contributed by atoms with Crippen molar-refractivity contribution in [1.29, 1.82) is 0 Å². The van der Waals surface area contributed by atoms with Crippen LogP contribution in [0.1, 0.15) is 22.7 Å². The molecule has 1 unspecified atom stereocenters. The van der Waals surface area contributed by atoms with E-state index in [1.807, 2.05) is 0 Å². The summed E-state index contributed by atoms with van der Waals surface area (Å²) in [6.45, 7) is 1.69. The topological polar surface area (TPSA) is 12.0 Å². The van der Waals surface area contributed by atoms with Crippen molar-refractivity contribution in [3.8, 4) is 0 Å². The molecule has 1 atom stereocenters. The Bertz CT molecular complexity index is 599. The molecule has 2 aromatic carbocycles. The van der Waals surface area contributed by atoms with E-state index >= 15 is 0 Å². The van der Waals surface area contributed by atoms with E-state index in [0.717, 1.165) is 0 Å². The highest BCUT2D eigenvalue weighted by Crippen LogP contribution is 2.27. The summed E-state index contributed by atoms with van der Waals surface area (Å²) in [5, 5.41) is 3.33. The predicted molar refractivity (Wildman–Crippen MR) is 73.4 cm³/mol. The minimum Gasteiger partial charge on any atom is -0.309 e. The van der Waals surface area contributed by atoms with Gasteiger partial charge in [0.1, 0.15) is 11.6 Å². The number of benzene rings is 2. The molecule has 2 aromatic rings. The van der Waals surface area contributed by atoms with E-state index in [-0.39, 0.29) is 5.82 Å². The second kappa shape index (κ2) is 5.68. The zero-order valence-corrected chi connectivity index (χ0v) is 11.4. The third-order valence-corrected chi connectivity index (χ3v) is 3.33. The average Bonchev–Trinajstić information content (AvgIpc) is 2.37. The quantitative estimate of drug-likeness (QED) is 0.887. The van der Waals surface area contributed by atoms with Gasteiger partial charge in [0.05, 0.1) is 6.04 Å². The monoisotopic (exact) mass is 281 g/mol. The molecule has 0 amide bonds. The third kappa shape index (κ3) is 2.94. The van der Waals surface area contributed by atoms with Gasteiger partial charge in [-0.2, -0.15) is 0 Å². The molecule has 1 nitrogen and oxygen atoms in total. The van der Waals surface area contributed by atoms with Crippen molar-refractivity contribution < 1.29 is 8.78 Å². The summed E-state index contributed by atoms with van der Waals surface area (Å²) in [6, 6.07) is 8.96. The average molecular weight is 282 g/mol. The van der Waals surface area contributed by atoms with Gasteiger partial charge >= 0.3 is 0 Å². The minimum absolute atomic E-state index is 0.299. The van der Waals surface area contributed by atoms with Crippen LogP contribution in [0.2, 0.25) is 5.02 Å². The van der Waals surface area contributed by atoms with E-state index < -0.39 is 11.9 Å². The Hall–Kier alpha value is -1.45. The lowest BCUT2D eigenvalue weighted by atomic mass is 9.97. The molecule has 0 saturated carbocycles. The van der Waals surface area contributed by atoms with Gasteiger partial charge in [-0.25, -0.2) is 8.78 Å². The van der Waals surface area contributed by atoms with Crippen LogP contribution in [0.25, 0.3) is 0 Å². The number of nitrogens with one attached hydrogen (secondary N) is 1. The van der Waals surface area contributed by atoms with E-state index in [1.165, 1.54) is 12.1 Å². The van der Waals surface area contributed by atoms with Crippen LogP contribution < -0.4 is 5.32 Å². The highest BCUT2D eigenvalue weighted by Gasteiger charge is 2.17. The van der Waals surface area contributed by atoms with Crippen molar-refractivity contribution in [2.24, 2.45) is 0 Å².